The predicted octanol–water partition coefficient (Wildman–Crippen LogP) is 4.83. The Kier molecular flexibility index (Phi) is 5.16. The maximum atomic E-state index is 13.2. The van der Waals surface area contributed by atoms with Crippen LogP contribution in [0.4, 0.5) is 11.5 Å². The van der Waals surface area contributed by atoms with E-state index in [1.807, 2.05) is 6.07 Å². The summed E-state index contributed by atoms with van der Waals surface area (Å²) in [5.74, 6) is -0.272. The number of methoxy groups -OCH3 is 1. The summed E-state index contributed by atoms with van der Waals surface area (Å²) in [6.45, 7) is 0. The van der Waals surface area contributed by atoms with Gasteiger partial charge in [-0.2, -0.15) is 0 Å². The first-order valence-electron chi connectivity index (χ1n) is 9.15. The first kappa shape index (κ1) is 19.5. The van der Waals surface area contributed by atoms with E-state index in [-0.39, 0.29) is 17.3 Å². The van der Waals surface area contributed by atoms with Crippen LogP contribution in [0.5, 0.6) is 5.75 Å². The first-order valence-corrected chi connectivity index (χ1v) is 9.52. The average molecular weight is 420 g/mol. The molecule has 1 aromatic heterocycles. The SMILES string of the molecule is COc1ccc(Cl)cc1NC(=O)c1c(N)n(C(=O)c2ccccc2)c2ccccc12. The van der Waals surface area contributed by atoms with E-state index in [2.05, 4.69) is 5.32 Å². The molecule has 4 rings (SSSR count). The van der Waals surface area contributed by atoms with Gasteiger partial charge in [-0.1, -0.05) is 48.0 Å². The maximum absolute atomic E-state index is 13.2. The van der Waals surface area contributed by atoms with E-state index in [1.54, 1.807) is 66.7 Å². The molecule has 7 heteroatoms. The van der Waals surface area contributed by atoms with E-state index >= 15 is 0 Å². The number of hydrogen-bond donors (Lipinski definition) is 2. The average Bonchev–Trinajstić information content (AvgIpc) is 3.05. The first-order chi connectivity index (χ1) is 14.5. The van der Waals surface area contributed by atoms with E-state index in [0.717, 1.165) is 0 Å². The smallest absolute Gasteiger partial charge is 0.263 e. The number of benzene rings is 3. The molecule has 0 radical (unpaired) electrons. The standard InChI is InChI=1S/C23H18ClN3O3/c1-30-19-12-11-15(24)13-17(19)26-22(28)20-16-9-5-6-10-18(16)27(21(20)25)23(29)14-7-3-2-4-8-14/h2-13H,25H2,1H3,(H,26,28). The summed E-state index contributed by atoms with van der Waals surface area (Å²) in [4.78, 5) is 26.3. The molecule has 0 aliphatic carbocycles. The van der Waals surface area contributed by atoms with Gasteiger partial charge < -0.3 is 15.8 Å². The molecule has 0 saturated heterocycles. The van der Waals surface area contributed by atoms with Crippen molar-refractivity contribution < 1.29 is 14.3 Å². The Morgan fingerprint density at radius 1 is 1.00 bits per heavy atom. The lowest BCUT2D eigenvalue weighted by molar-refractivity contribution is 0.0967. The zero-order valence-electron chi connectivity index (χ0n) is 16.1. The molecule has 3 aromatic carbocycles. The van der Waals surface area contributed by atoms with Crippen LogP contribution < -0.4 is 15.8 Å². The molecule has 4 aromatic rings. The second-order valence-corrected chi connectivity index (χ2v) is 7.02. The zero-order valence-corrected chi connectivity index (χ0v) is 16.8. The Morgan fingerprint density at radius 2 is 1.70 bits per heavy atom. The Morgan fingerprint density at radius 3 is 2.43 bits per heavy atom. The number of nitrogens with two attached hydrogens (primary N) is 1. The normalized spacial score (nSPS) is 10.7. The van der Waals surface area contributed by atoms with Crippen LogP contribution in [0.3, 0.4) is 0 Å². The minimum atomic E-state index is -0.469. The molecule has 150 valence electrons. The summed E-state index contributed by atoms with van der Waals surface area (Å²) in [5, 5.41) is 3.80. The number of nitrogens with zero attached hydrogens (tertiary/aromatic N) is 1. The number of hydrogen-bond acceptors (Lipinski definition) is 4. The number of fused-ring (bicyclic) bond motifs is 1. The highest BCUT2D eigenvalue weighted by Crippen LogP contribution is 2.32. The van der Waals surface area contributed by atoms with Crippen LogP contribution in [0, 0.1) is 0 Å². The second-order valence-electron chi connectivity index (χ2n) is 6.58. The number of amides is 1. The second kappa shape index (κ2) is 7.93. The quantitative estimate of drug-likeness (QED) is 0.496. The molecule has 0 fully saturated rings. The summed E-state index contributed by atoms with van der Waals surface area (Å²) in [5.41, 5.74) is 7.96. The topological polar surface area (TPSA) is 86.3 Å². The molecule has 0 bridgehead atoms. The molecule has 3 N–H and O–H groups in total. The fourth-order valence-corrected chi connectivity index (χ4v) is 3.56. The molecular weight excluding hydrogens is 402 g/mol. The maximum Gasteiger partial charge on any atom is 0.263 e. The van der Waals surface area contributed by atoms with Crippen LogP contribution in [0.25, 0.3) is 10.9 Å². The van der Waals surface area contributed by atoms with E-state index in [9.17, 15) is 9.59 Å². The molecule has 0 unspecified atom stereocenters. The third-order valence-electron chi connectivity index (χ3n) is 4.77. The van der Waals surface area contributed by atoms with E-state index in [1.165, 1.54) is 11.7 Å². The molecule has 6 nitrogen and oxygen atoms in total. The number of anilines is 2. The van der Waals surface area contributed by atoms with Crippen LogP contribution in [0.1, 0.15) is 20.7 Å². The van der Waals surface area contributed by atoms with Crippen molar-refractivity contribution in [3.63, 3.8) is 0 Å². The van der Waals surface area contributed by atoms with Crippen molar-refractivity contribution in [1.29, 1.82) is 0 Å². The predicted molar refractivity (Wildman–Crippen MR) is 118 cm³/mol. The fourth-order valence-electron chi connectivity index (χ4n) is 3.39. The summed E-state index contributed by atoms with van der Waals surface area (Å²) in [7, 11) is 1.50. The Bertz CT molecular complexity index is 1270. The van der Waals surface area contributed by atoms with E-state index in [4.69, 9.17) is 22.1 Å². The molecule has 0 aliphatic heterocycles. The van der Waals surface area contributed by atoms with Crippen molar-refractivity contribution in [3.05, 3.63) is 88.9 Å². The Hall–Kier alpha value is -3.77. The van der Waals surface area contributed by atoms with Gasteiger partial charge in [0.25, 0.3) is 11.8 Å². The van der Waals surface area contributed by atoms with Crippen molar-refractivity contribution in [2.75, 3.05) is 18.2 Å². The minimum Gasteiger partial charge on any atom is -0.495 e. The number of nitrogens with one attached hydrogen (secondary N) is 1. The number of rotatable bonds is 4. The van der Waals surface area contributed by atoms with E-state index in [0.29, 0.717) is 32.9 Å². The highest BCUT2D eigenvalue weighted by Gasteiger charge is 2.25. The van der Waals surface area contributed by atoms with Crippen molar-refractivity contribution >= 4 is 45.8 Å². The molecule has 1 amide bonds. The van der Waals surface area contributed by atoms with Crippen LogP contribution in [-0.4, -0.2) is 23.5 Å². The summed E-state index contributed by atoms with van der Waals surface area (Å²) in [6.07, 6.45) is 0. The molecular formula is C23H18ClN3O3. The number of nitrogen functional groups attached to an aromatic ring is 1. The summed E-state index contributed by atoms with van der Waals surface area (Å²) in [6, 6.07) is 20.8. The number of ether oxygens (including phenoxy) is 1. The Labute approximate surface area is 177 Å². The van der Waals surface area contributed by atoms with Crippen LogP contribution in [0.2, 0.25) is 5.02 Å². The van der Waals surface area contributed by atoms with Gasteiger partial charge >= 0.3 is 0 Å². The van der Waals surface area contributed by atoms with Crippen LogP contribution in [-0.2, 0) is 0 Å². The number of carbonyl (C=O) groups is 2. The number of halogens is 1. The monoisotopic (exact) mass is 419 g/mol. The molecule has 1 heterocycles. The van der Waals surface area contributed by atoms with Gasteiger partial charge in [0.1, 0.15) is 11.6 Å². The van der Waals surface area contributed by atoms with Crippen LogP contribution in [0.15, 0.2) is 72.8 Å². The van der Waals surface area contributed by atoms with Crippen molar-refractivity contribution in [2.24, 2.45) is 0 Å². The molecule has 0 aliphatic rings. The third kappa shape index (κ3) is 3.38. The van der Waals surface area contributed by atoms with Gasteiger partial charge in [0.05, 0.1) is 23.9 Å². The third-order valence-corrected chi connectivity index (χ3v) is 5.01. The van der Waals surface area contributed by atoms with Crippen LogP contribution >= 0.6 is 11.6 Å². The zero-order chi connectivity index (χ0) is 21.3. The highest BCUT2D eigenvalue weighted by molar-refractivity contribution is 6.31. The van der Waals surface area contributed by atoms with Gasteiger partial charge in [0.2, 0.25) is 0 Å². The Balaban J connectivity index is 1.83. The van der Waals surface area contributed by atoms with Gasteiger partial charge in [0.15, 0.2) is 0 Å². The molecule has 30 heavy (non-hydrogen) atoms. The van der Waals surface area contributed by atoms with Crippen molar-refractivity contribution in [3.8, 4) is 5.75 Å². The summed E-state index contributed by atoms with van der Waals surface area (Å²) >= 11 is 6.06. The molecule has 0 atom stereocenters. The molecule has 0 spiro atoms. The molecule has 0 saturated carbocycles. The van der Waals surface area contributed by atoms with Gasteiger partial charge in [-0.15, -0.1) is 0 Å². The van der Waals surface area contributed by atoms with Crippen molar-refractivity contribution in [1.82, 2.24) is 4.57 Å². The number of carbonyl (C=O) groups excluding carboxylic acids is 2. The fraction of sp³-hybridized carbons (Fsp3) is 0.0435. The largest absolute Gasteiger partial charge is 0.495 e. The van der Waals surface area contributed by atoms with Gasteiger partial charge in [0, 0.05) is 16.0 Å². The number of aromatic nitrogens is 1. The van der Waals surface area contributed by atoms with Gasteiger partial charge in [-0.3, -0.25) is 14.2 Å². The summed E-state index contributed by atoms with van der Waals surface area (Å²) < 4.78 is 6.65. The minimum absolute atomic E-state index is 0.0588. The van der Waals surface area contributed by atoms with Gasteiger partial charge in [-0.25, -0.2) is 0 Å². The van der Waals surface area contributed by atoms with E-state index < -0.39 is 5.91 Å². The lowest BCUT2D eigenvalue weighted by atomic mass is 10.1. The number of para-hydroxylation sites is 1. The van der Waals surface area contributed by atoms with Gasteiger partial charge in [-0.05, 0) is 36.4 Å². The lowest BCUT2D eigenvalue weighted by Crippen LogP contribution is -2.18. The van der Waals surface area contributed by atoms with Crippen molar-refractivity contribution in [2.45, 2.75) is 0 Å². The highest BCUT2D eigenvalue weighted by atomic mass is 35.5. The lowest BCUT2D eigenvalue weighted by Gasteiger charge is -2.11.